The summed E-state index contributed by atoms with van der Waals surface area (Å²) in [7, 11) is 0. The van der Waals surface area contributed by atoms with Crippen LogP contribution < -0.4 is 0 Å². The average molecular weight is 231 g/mol. The van der Waals surface area contributed by atoms with E-state index >= 15 is 0 Å². The molecule has 0 aromatic heterocycles. The second-order valence-corrected chi connectivity index (χ2v) is 5.23. The molecular formula is C12H16Cl2. The van der Waals surface area contributed by atoms with E-state index in [0.717, 1.165) is 17.0 Å². The molecule has 0 heterocycles. The highest BCUT2D eigenvalue weighted by Crippen LogP contribution is 2.25. The summed E-state index contributed by atoms with van der Waals surface area (Å²) in [6.45, 7) is 6.37. The number of halogens is 2. The van der Waals surface area contributed by atoms with Gasteiger partial charge in [0.15, 0.2) is 0 Å². The lowest BCUT2D eigenvalue weighted by Gasteiger charge is -2.21. The molecule has 0 aliphatic rings. The Kier molecular flexibility index (Phi) is 3.86. The van der Waals surface area contributed by atoms with Crippen LogP contribution in [0.25, 0.3) is 0 Å². The minimum absolute atomic E-state index is 0.155. The van der Waals surface area contributed by atoms with Crippen LogP contribution in [0.4, 0.5) is 0 Å². The normalized spacial score (nSPS) is 11.8. The van der Waals surface area contributed by atoms with Crippen LogP contribution in [0.3, 0.4) is 0 Å². The SMILES string of the molecule is Cc1cc(CC(C)(C)CCl)ccc1Cl. The number of hydrogen-bond donors (Lipinski definition) is 0. The first-order valence-electron chi connectivity index (χ1n) is 4.75. The minimum atomic E-state index is 0.155. The summed E-state index contributed by atoms with van der Waals surface area (Å²) >= 11 is 11.8. The van der Waals surface area contributed by atoms with Gasteiger partial charge in [0.2, 0.25) is 0 Å². The van der Waals surface area contributed by atoms with Gasteiger partial charge in [-0.25, -0.2) is 0 Å². The largest absolute Gasteiger partial charge is 0.126 e. The molecule has 1 aromatic rings. The van der Waals surface area contributed by atoms with Crippen LogP contribution in [0.1, 0.15) is 25.0 Å². The molecule has 0 amide bonds. The molecule has 0 aliphatic carbocycles. The molecule has 0 N–H and O–H groups in total. The molecule has 78 valence electrons. The fourth-order valence-electron chi connectivity index (χ4n) is 1.42. The van der Waals surface area contributed by atoms with Gasteiger partial charge in [0.05, 0.1) is 0 Å². The molecule has 1 aromatic carbocycles. The molecule has 0 unspecified atom stereocenters. The summed E-state index contributed by atoms with van der Waals surface area (Å²) in [6.07, 6.45) is 0.995. The van der Waals surface area contributed by atoms with Gasteiger partial charge in [0, 0.05) is 10.9 Å². The highest BCUT2D eigenvalue weighted by Gasteiger charge is 2.17. The zero-order chi connectivity index (χ0) is 10.8. The maximum atomic E-state index is 5.96. The molecule has 0 aliphatic heterocycles. The maximum absolute atomic E-state index is 5.96. The molecule has 0 saturated carbocycles. The molecule has 0 radical (unpaired) electrons. The van der Waals surface area contributed by atoms with Gasteiger partial charge in [-0.2, -0.15) is 0 Å². The predicted molar refractivity (Wildman–Crippen MR) is 64.4 cm³/mol. The summed E-state index contributed by atoms with van der Waals surface area (Å²) in [5.74, 6) is 0.675. The molecule has 14 heavy (non-hydrogen) atoms. The monoisotopic (exact) mass is 230 g/mol. The Morgan fingerprint density at radius 2 is 1.93 bits per heavy atom. The van der Waals surface area contributed by atoms with Crippen molar-refractivity contribution in [2.24, 2.45) is 5.41 Å². The van der Waals surface area contributed by atoms with Crippen molar-refractivity contribution >= 4 is 23.2 Å². The fourth-order valence-corrected chi connectivity index (χ4v) is 1.63. The molecule has 0 atom stereocenters. The van der Waals surface area contributed by atoms with Gasteiger partial charge in [-0.3, -0.25) is 0 Å². The topological polar surface area (TPSA) is 0 Å². The summed E-state index contributed by atoms with van der Waals surface area (Å²) in [5.41, 5.74) is 2.59. The zero-order valence-corrected chi connectivity index (χ0v) is 10.4. The van der Waals surface area contributed by atoms with Crippen LogP contribution in [-0.2, 0) is 6.42 Å². The second-order valence-electron chi connectivity index (χ2n) is 4.56. The molecule has 0 saturated heterocycles. The van der Waals surface area contributed by atoms with E-state index in [1.54, 1.807) is 0 Å². The standard InChI is InChI=1S/C12H16Cl2/c1-9-6-10(4-5-11(9)14)7-12(2,3)8-13/h4-6H,7-8H2,1-3H3. The molecule has 2 heteroatoms. The van der Waals surface area contributed by atoms with Crippen LogP contribution in [0.2, 0.25) is 5.02 Å². The molecule has 1 rings (SSSR count). The Hall–Kier alpha value is -0.200. The minimum Gasteiger partial charge on any atom is -0.126 e. The van der Waals surface area contributed by atoms with Crippen LogP contribution in [0, 0.1) is 12.3 Å². The Morgan fingerprint density at radius 3 is 2.43 bits per heavy atom. The number of rotatable bonds is 3. The summed E-state index contributed by atoms with van der Waals surface area (Å²) in [6, 6.07) is 6.16. The van der Waals surface area contributed by atoms with Crippen molar-refractivity contribution in [2.75, 3.05) is 5.88 Å². The summed E-state index contributed by atoms with van der Waals surface area (Å²) in [4.78, 5) is 0. The highest BCUT2D eigenvalue weighted by atomic mass is 35.5. The van der Waals surface area contributed by atoms with Gasteiger partial charge in [-0.1, -0.05) is 37.6 Å². The van der Waals surface area contributed by atoms with Crippen molar-refractivity contribution in [3.05, 3.63) is 34.3 Å². The summed E-state index contributed by atoms with van der Waals surface area (Å²) in [5, 5.41) is 0.831. The van der Waals surface area contributed by atoms with E-state index in [2.05, 4.69) is 26.0 Å². The first kappa shape index (κ1) is 11.9. The van der Waals surface area contributed by atoms with E-state index in [9.17, 15) is 0 Å². The maximum Gasteiger partial charge on any atom is 0.0435 e. The quantitative estimate of drug-likeness (QED) is 0.674. The van der Waals surface area contributed by atoms with Crippen molar-refractivity contribution in [3.63, 3.8) is 0 Å². The zero-order valence-electron chi connectivity index (χ0n) is 8.90. The van der Waals surface area contributed by atoms with Crippen LogP contribution in [-0.4, -0.2) is 5.88 Å². The third kappa shape index (κ3) is 3.18. The fraction of sp³-hybridized carbons (Fsp3) is 0.500. The van der Waals surface area contributed by atoms with Crippen molar-refractivity contribution < 1.29 is 0 Å². The second kappa shape index (κ2) is 4.55. The van der Waals surface area contributed by atoms with Crippen molar-refractivity contribution in [3.8, 4) is 0 Å². The van der Waals surface area contributed by atoms with E-state index in [1.165, 1.54) is 5.56 Å². The number of hydrogen-bond acceptors (Lipinski definition) is 0. The van der Waals surface area contributed by atoms with Gasteiger partial charge in [0.25, 0.3) is 0 Å². The highest BCUT2D eigenvalue weighted by molar-refractivity contribution is 6.31. The van der Waals surface area contributed by atoms with E-state index < -0.39 is 0 Å². The van der Waals surface area contributed by atoms with E-state index in [-0.39, 0.29) is 5.41 Å². The average Bonchev–Trinajstić information content (AvgIpc) is 2.11. The Labute approximate surface area is 96.2 Å². The van der Waals surface area contributed by atoms with E-state index in [1.807, 2.05) is 13.0 Å². The smallest absolute Gasteiger partial charge is 0.0435 e. The molecule has 0 bridgehead atoms. The van der Waals surface area contributed by atoms with Crippen molar-refractivity contribution in [1.29, 1.82) is 0 Å². The van der Waals surface area contributed by atoms with Crippen molar-refractivity contribution in [1.82, 2.24) is 0 Å². The van der Waals surface area contributed by atoms with Crippen LogP contribution in [0.5, 0.6) is 0 Å². The lowest BCUT2D eigenvalue weighted by atomic mass is 9.87. The lowest BCUT2D eigenvalue weighted by Crippen LogP contribution is -2.16. The van der Waals surface area contributed by atoms with Gasteiger partial charge in [0.1, 0.15) is 0 Å². The van der Waals surface area contributed by atoms with Crippen molar-refractivity contribution in [2.45, 2.75) is 27.2 Å². The molecular weight excluding hydrogens is 215 g/mol. The van der Waals surface area contributed by atoms with Crippen LogP contribution >= 0.6 is 23.2 Å². The van der Waals surface area contributed by atoms with Gasteiger partial charge in [-0.15, -0.1) is 11.6 Å². The van der Waals surface area contributed by atoms with Gasteiger partial charge in [-0.05, 0) is 36.0 Å². The third-order valence-corrected chi connectivity index (χ3v) is 3.41. The molecule has 0 fully saturated rings. The van der Waals surface area contributed by atoms with E-state index in [4.69, 9.17) is 23.2 Å². The Bertz CT molecular complexity index is 316. The van der Waals surface area contributed by atoms with E-state index in [0.29, 0.717) is 5.88 Å². The molecule has 0 spiro atoms. The van der Waals surface area contributed by atoms with Gasteiger partial charge < -0.3 is 0 Å². The number of benzene rings is 1. The third-order valence-electron chi connectivity index (χ3n) is 2.27. The Morgan fingerprint density at radius 1 is 1.29 bits per heavy atom. The predicted octanol–water partition coefficient (Wildman–Crippen LogP) is 4.46. The summed E-state index contributed by atoms with van der Waals surface area (Å²) < 4.78 is 0. The van der Waals surface area contributed by atoms with Gasteiger partial charge >= 0.3 is 0 Å². The lowest BCUT2D eigenvalue weighted by molar-refractivity contribution is 0.418. The van der Waals surface area contributed by atoms with Crippen LogP contribution in [0.15, 0.2) is 18.2 Å². The molecule has 0 nitrogen and oxygen atoms in total. The number of aryl methyl sites for hydroxylation is 1. The Balaban J connectivity index is 2.83. The number of alkyl halides is 1. The first-order chi connectivity index (χ1) is 6.44. The first-order valence-corrected chi connectivity index (χ1v) is 5.67.